The summed E-state index contributed by atoms with van der Waals surface area (Å²) in [4.78, 5) is 28.5. The van der Waals surface area contributed by atoms with Gasteiger partial charge in [-0.25, -0.2) is 14.0 Å². The van der Waals surface area contributed by atoms with Crippen molar-refractivity contribution in [3.8, 4) is 0 Å². The summed E-state index contributed by atoms with van der Waals surface area (Å²) in [6, 6.07) is 3.11. The third-order valence-electron chi connectivity index (χ3n) is 6.04. The number of amides is 1. The highest BCUT2D eigenvalue weighted by Crippen LogP contribution is 2.42. The molecule has 0 radical (unpaired) electrons. The summed E-state index contributed by atoms with van der Waals surface area (Å²) in [6.07, 6.45) is 2.27. The lowest BCUT2D eigenvalue weighted by molar-refractivity contribution is 0.0430. The third kappa shape index (κ3) is 3.13. The number of nitrogens with one attached hydrogen (secondary N) is 1. The topological polar surface area (TPSA) is 78.3 Å². The van der Waals surface area contributed by atoms with E-state index < -0.39 is 6.09 Å². The van der Waals surface area contributed by atoms with Crippen LogP contribution in [0.5, 0.6) is 0 Å². The minimum atomic E-state index is -0.929. The van der Waals surface area contributed by atoms with Gasteiger partial charge in [-0.3, -0.25) is 4.57 Å². The number of benzene rings is 1. The molecule has 1 amide bonds. The number of rotatable bonds is 2. The largest absolute Gasteiger partial charge is 0.465 e. The highest BCUT2D eigenvalue weighted by Gasteiger charge is 2.40. The highest BCUT2D eigenvalue weighted by molar-refractivity contribution is 5.77. The molecule has 2 atom stereocenters. The van der Waals surface area contributed by atoms with Gasteiger partial charge in [0.1, 0.15) is 11.3 Å². The van der Waals surface area contributed by atoms with Crippen LogP contribution in [0.1, 0.15) is 64.0 Å². The molecule has 0 bridgehead atoms. The number of carbonyl (C=O) groups is 1. The van der Waals surface area contributed by atoms with Crippen LogP contribution < -0.4 is 5.69 Å². The van der Waals surface area contributed by atoms with Crippen LogP contribution in [0.4, 0.5) is 9.18 Å². The Morgan fingerprint density at radius 1 is 1.26 bits per heavy atom. The molecular formula is C20H26FN3O3. The van der Waals surface area contributed by atoms with E-state index in [9.17, 15) is 19.1 Å². The lowest BCUT2D eigenvalue weighted by Crippen LogP contribution is -2.52. The first-order valence-corrected chi connectivity index (χ1v) is 9.60. The van der Waals surface area contributed by atoms with Gasteiger partial charge in [0.2, 0.25) is 0 Å². The van der Waals surface area contributed by atoms with Gasteiger partial charge in [-0.05, 0) is 54.7 Å². The highest BCUT2D eigenvalue weighted by atomic mass is 19.1. The number of halogens is 1. The molecule has 2 aliphatic rings. The number of imidazole rings is 1. The Bertz CT molecular complexity index is 952. The Labute approximate surface area is 157 Å². The molecule has 2 aromatic rings. The number of hydrogen-bond donors (Lipinski definition) is 2. The van der Waals surface area contributed by atoms with Crippen LogP contribution >= 0.6 is 0 Å². The van der Waals surface area contributed by atoms with Crippen LogP contribution in [-0.4, -0.2) is 38.2 Å². The quantitative estimate of drug-likeness (QED) is 0.830. The fraction of sp³-hybridized carbons (Fsp3) is 0.600. The first kappa shape index (κ1) is 18.1. The third-order valence-corrected chi connectivity index (χ3v) is 6.04. The fourth-order valence-corrected chi connectivity index (χ4v) is 4.45. The van der Waals surface area contributed by atoms with E-state index in [1.165, 1.54) is 11.0 Å². The molecule has 1 aliphatic carbocycles. The number of fused-ring (bicyclic) bond motifs is 1. The van der Waals surface area contributed by atoms with Crippen molar-refractivity contribution in [1.82, 2.24) is 14.5 Å². The van der Waals surface area contributed by atoms with E-state index in [-0.39, 0.29) is 34.5 Å². The van der Waals surface area contributed by atoms with E-state index in [0.717, 1.165) is 18.4 Å². The van der Waals surface area contributed by atoms with Crippen molar-refractivity contribution in [1.29, 1.82) is 0 Å². The predicted octanol–water partition coefficient (Wildman–Crippen LogP) is 4.08. The molecule has 27 heavy (non-hydrogen) atoms. The number of piperidine rings is 1. The van der Waals surface area contributed by atoms with Crippen molar-refractivity contribution in [2.24, 2.45) is 5.41 Å². The maximum Gasteiger partial charge on any atom is 0.407 e. The van der Waals surface area contributed by atoms with Crippen molar-refractivity contribution >= 4 is 17.1 Å². The Morgan fingerprint density at radius 2 is 1.96 bits per heavy atom. The van der Waals surface area contributed by atoms with Gasteiger partial charge in [-0.15, -0.1) is 0 Å². The number of likely N-dealkylation sites (tertiary alicyclic amines) is 1. The molecule has 1 aromatic heterocycles. The number of aromatic nitrogens is 2. The second kappa shape index (κ2) is 6.11. The number of nitrogens with zero attached hydrogens (tertiary/aromatic N) is 2. The van der Waals surface area contributed by atoms with Gasteiger partial charge < -0.3 is 15.0 Å². The molecule has 1 aromatic carbocycles. The van der Waals surface area contributed by atoms with Crippen LogP contribution in [0.15, 0.2) is 16.9 Å². The molecule has 2 fully saturated rings. The summed E-state index contributed by atoms with van der Waals surface area (Å²) in [5.74, 6) is -0.000809. The van der Waals surface area contributed by atoms with Gasteiger partial charge in [0.05, 0.1) is 5.52 Å². The summed E-state index contributed by atoms with van der Waals surface area (Å²) in [5, 5.41) is 9.56. The second-order valence-electron chi connectivity index (χ2n) is 9.01. The monoisotopic (exact) mass is 375 g/mol. The Balaban J connectivity index is 1.77. The van der Waals surface area contributed by atoms with Gasteiger partial charge in [-0.2, -0.15) is 0 Å². The van der Waals surface area contributed by atoms with Crippen LogP contribution in [0.3, 0.4) is 0 Å². The second-order valence-corrected chi connectivity index (χ2v) is 9.01. The molecule has 0 spiro atoms. The van der Waals surface area contributed by atoms with Crippen LogP contribution in [0.25, 0.3) is 11.0 Å². The van der Waals surface area contributed by atoms with Crippen LogP contribution in [-0.2, 0) is 0 Å². The average Bonchev–Trinajstić information content (AvgIpc) is 3.37. The summed E-state index contributed by atoms with van der Waals surface area (Å²) in [5.41, 5.74) is 1.22. The Morgan fingerprint density at radius 3 is 2.56 bits per heavy atom. The summed E-state index contributed by atoms with van der Waals surface area (Å²) in [7, 11) is 0. The molecule has 146 valence electrons. The minimum Gasteiger partial charge on any atom is -0.465 e. The normalized spacial score (nSPS) is 23.8. The van der Waals surface area contributed by atoms with E-state index in [2.05, 4.69) is 4.98 Å². The molecule has 7 heteroatoms. The van der Waals surface area contributed by atoms with Gasteiger partial charge in [0.25, 0.3) is 0 Å². The van der Waals surface area contributed by atoms with Crippen LogP contribution in [0, 0.1) is 11.2 Å². The zero-order valence-electron chi connectivity index (χ0n) is 16.0. The van der Waals surface area contributed by atoms with Crippen molar-refractivity contribution < 1.29 is 14.3 Å². The van der Waals surface area contributed by atoms with Crippen molar-refractivity contribution in [3.63, 3.8) is 0 Å². The zero-order valence-corrected chi connectivity index (χ0v) is 16.0. The van der Waals surface area contributed by atoms with E-state index in [1.54, 1.807) is 4.57 Å². The lowest BCUT2D eigenvalue weighted by atomic mass is 9.79. The molecule has 2 heterocycles. The first-order valence-electron chi connectivity index (χ1n) is 9.60. The van der Waals surface area contributed by atoms with Gasteiger partial charge in [0.15, 0.2) is 0 Å². The summed E-state index contributed by atoms with van der Waals surface area (Å²) in [6.45, 7) is 6.41. The minimum absolute atomic E-state index is 0.153. The maximum atomic E-state index is 14.6. The van der Waals surface area contributed by atoms with Crippen molar-refractivity contribution in [3.05, 3.63) is 34.0 Å². The molecule has 2 unspecified atom stereocenters. The summed E-state index contributed by atoms with van der Waals surface area (Å²) < 4.78 is 16.2. The molecule has 1 aliphatic heterocycles. The van der Waals surface area contributed by atoms with Crippen molar-refractivity contribution in [2.75, 3.05) is 6.54 Å². The number of hydrogen-bond acceptors (Lipinski definition) is 2. The lowest BCUT2D eigenvalue weighted by Gasteiger charge is -2.44. The van der Waals surface area contributed by atoms with E-state index in [0.29, 0.717) is 30.8 Å². The Kier molecular flexibility index (Phi) is 4.09. The van der Waals surface area contributed by atoms with E-state index in [1.807, 2.05) is 26.8 Å². The zero-order chi connectivity index (χ0) is 19.5. The van der Waals surface area contributed by atoms with E-state index in [4.69, 9.17) is 0 Å². The number of carboxylic acid groups (broad SMARTS) is 1. The van der Waals surface area contributed by atoms with Gasteiger partial charge in [-0.1, -0.05) is 20.8 Å². The molecule has 1 saturated carbocycles. The molecule has 1 saturated heterocycles. The van der Waals surface area contributed by atoms with E-state index >= 15 is 0 Å². The van der Waals surface area contributed by atoms with Gasteiger partial charge in [0, 0.05) is 18.6 Å². The number of aromatic amines is 1. The summed E-state index contributed by atoms with van der Waals surface area (Å²) >= 11 is 0. The maximum absolute atomic E-state index is 14.6. The van der Waals surface area contributed by atoms with Crippen LogP contribution in [0.2, 0.25) is 0 Å². The number of H-pyrrole nitrogens is 1. The SMILES string of the molecule is CC(C)(C)C1CC(n2c(=O)[nH]c3c(F)cc(C4CC4)cc32)CCN1C(=O)O. The first-order chi connectivity index (χ1) is 12.7. The van der Waals surface area contributed by atoms with Gasteiger partial charge >= 0.3 is 11.8 Å². The Hall–Kier alpha value is -2.31. The fourth-order valence-electron chi connectivity index (χ4n) is 4.45. The molecule has 6 nitrogen and oxygen atoms in total. The van der Waals surface area contributed by atoms with Crippen molar-refractivity contribution in [2.45, 2.75) is 64.5 Å². The smallest absolute Gasteiger partial charge is 0.407 e. The molecule has 2 N–H and O–H groups in total. The molecule has 4 rings (SSSR count). The predicted molar refractivity (Wildman–Crippen MR) is 101 cm³/mol. The standard InChI is InChI=1S/C20H26FN3O3/c1-20(2,3)16-10-13(6-7-23(16)19(26)27)24-15-9-12(11-4-5-11)8-14(21)17(15)22-18(24)25/h8-9,11,13,16H,4-7,10H2,1-3H3,(H,22,25)(H,26,27). The average molecular weight is 375 g/mol. The molecular weight excluding hydrogens is 349 g/mol.